The van der Waals surface area contributed by atoms with Crippen LogP contribution in [0.2, 0.25) is 0 Å². The second-order valence-electron chi connectivity index (χ2n) is 6.18. The number of hydrogen-bond donors (Lipinski definition) is 1. The second-order valence-corrected chi connectivity index (χ2v) is 6.18. The van der Waals surface area contributed by atoms with Crippen molar-refractivity contribution < 1.29 is 14.6 Å². The number of carbonyl (C=O) groups excluding carboxylic acids is 1. The fraction of sp³-hybridized carbons (Fsp3) is 0.929. The van der Waals surface area contributed by atoms with Crippen molar-refractivity contribution >= 4 is 5.91 Å². The SMILES string of the molecule is O=C(CC1(O)CCCC1)N1CCOCC1C1CC1. The van der Waals surface area contributed by atoms with Gasteiger partial charge in [-0.1, -0.05) is 12.8 Å². The quantitative estimate of drug-likeness (QED) is 0.825. The molecule has 3 aliphatic rings. The van der Waals surface area contributed by atoms with Gasteiger partial charge in [-0.05, 0) is 31.6 Å². The van der Waals surface area contributed by atoms with Crippen LogP contribution in [0.4, 0.5) is 0 Å². The summed E-state index contributed by atoms with van der Waals surface area (Å²) in [5.41, 5.74) is -0.719. The molecule has 3 fully saturated rings. The molecule has 2 saturated carbocycles. The molecular weight excluding hydrogens is 230 g/mol. The highest BCUT2D eigenvalue weighted by molar-refractivity contribution is 5.78. The summed E-state index contributed by atoms with van der Waals surface area (Å²) in [6, 6.07) is 0.274. The van der Waals surface area contributed by atoms with Crippen molar-refractivity contribution in [2.24, 2.45) is 5.92 Å². The molecule has 1 heterocycles. The van der Waals surface area contributed by atoms with E-state index in [0.29, 0.717) is 32.1 Å². The van der Waals surface area contributed by atoms with Gasteiger partial charge >= 0.3 is 0 Å². The average molecular weight is 253 g/mol. The van der Waals surface area contributed by atoms with Crippen molar-refractivity contribution in [3.05, 3.63) is 0 Å². The molecule has 4 heteroatoms. The molecule has 1 unspecified atom stereocenters. The Labute approximate surface area is 108 Å². The van der Waals surface area contributed by atoms with E-state index in [1.54, 1.807) is 0 Å². The van der Waals surface area contributed by atoms with Crippen LogP contribution in [0.3, 0.4) is 0 Å². The molecule has 1 amide bonds. The number of carbonyl (C=O) groups is 1. The molecule has 4 nitrogen and oxygen atoms in total. The minimum atomic E-state index is -0.719. The lowest BCUT2D eigenvalue weighted by molar-refractivity contribution is -0.145. The second kappa shape index (κ2) is 4.82. The first-order valence-corrected chi connectivity index (χ1v) is 7.28. The van der Waals surface area contributed by atoms with E-state index in [1.165, 1.54) is 12.8 Å². The minimum Gasteiger partial charge on any atom is -0.389 e. The molecule has 1 atom stereocenters. The van der Waals surface area contributed by atoms with Crippen LogP contribution < -0.4 is 0 Å². The van der Waals surface area contributed by atoms with Gasteiger partial charge < -0.3 is 14.7 Å². The van der Waals surface area contributed by atoms with Crippen LogP contribution in [0.15, 0.2) is 0 Å². The van der Waals surface area contributed by atoms with E-state index in [4.69, 9.17) is 4.74 Å². The molecule has 1 saturated heterocycles. The van der Waals surface area contributed by atoms with E-state index in [-0.39, 0.29) is 11.9 Å². The molecule has 18 heavy (non-hydrogen) atoms. The Hall–Kier alpha value is -0.610. The summed E-state index contributed by atoms with van der Waals surface area (Å²) in [5.74, 6) is 0.784. The first-order valence-electron chi connectivity index (χ1n) is 7.28. The van der Waals surface area contributed by atoms with Gasteiger partial charge in [0.05, 0.1) is 31.3 Å². The molecule has 1 N–H and O–H groups in total. The third-order valence-corrected chi connectivity index (χ3v) is 4.67. The fourth-order valence-electron chi connectivity index (χ4n) is 3.40. The van der Waals surface area contributed by atoms with E-state index < -0.39 is 5.60 Å². The third-order valence-electron chi connectivity index (χ3n) is 4.67. The smallest absolute Gasteiger partial charge is 0.225 e. The number of nitrogens with zero attached hydrogens (tertiary/aromatic N) is 1. The average Bonchev–Trinajstić information content (AvgIpc) is 3.13. The number of morpholine rings is 1. The zero-order chi connectivity index (χ0) is 12.6. The highest BCUT2D eigenvalue weighted by Gasteiger charge is 2.42. The molecule has 0 aromatic heterocycles. The van der Waals surface area contributed by atoms with Crippen LogP contribution >= 0.6 is 0 Å². The lowest BCUT2D eigenvalue weighted by atomic mass is 9.96. The molecule has 0 aromatic carbocycles. The van der Waals surface area contributed by atoms with Crippen LogP contribution in [0.1, 0.15) is 44.9 Å². The molecule has 102 valence electrons. The number of ether oxygens (including phenoxy) is 1. The molecule has 0 aromatic rings. The summed E-state index contributed by atoms with van der Waals surface area (Å²) < 4.78 is 5.50. The molecule has 0 spiro atoms. The van der Waals surface area contributed by atoms with Crippen molar-refractivity contribution in [3.63, 3.8) is 0 Å². The number of amides is 1. The summed E-state index contributed by atoms with van der Waals surface area (Å²) in [6.45, 7) is 2.04. The lowest BCUT2D eigenvalue weighted by Crippen LogP contribution is -2.51. The number of aliphatic hydroxyl groups is 1. The Kier molecular flexibility index (Phi) is 3.32. The van der Waals surface area contributed by atoms with Crippen LogP contribution in [0, 0.1) is 5.92 Å². The first kappa shape index (κ1) is 12.4. The fourth-order valence-corrected chi connectivity index (χ4v) is 3.40. The van der Waals surface area contributed by atoms with Gasteiger partial charge in [-0.15, -0.1) is 0 Å². The highest BCUT2D eigenvalue weighted by atomic mass is 16.5. The monoisotopic (exact) mass is 253 g/mol. The highest BCUT2D eigenvalue weighted by Crippen LogP contribution is 2.38. The standard InChI is InChI=1S/C14H23NO3/c16-13(9-14(17)5-1-2-6-14)15-7-8-18-10-12(15)11-3-4-11/h11-12,17H,1-10H2. The predicted octanol–water partition coefficient (Wildman–Crippen LogP) is 1.32. The van der Waals surface area contributed by atoms with E-state index in [1.807, 2.05) is 4.90 Å². The number of hydrogen-bond acceptors (Lipinski definition) is 3. The summed E-state index contributed by atoms with van der Waals surface area (Å²) in [6.07, 6.45) is 6.45. The van der Waals surface area contributed by atoms with E-state index in [9.17, 15) is 9.90 Å². The van der Waals surface area contributed by atoms with Crippen molar-refractivity contribution in [2.75, 3.05) is 19.8 Å². The number of rotatable bonds is 3. The Morgan fingerprint density at radius 1 is 1.33 bits per heavy atom. The van der Waals surface area contributed by atoms with Gasteiger partial charge in [0.15, 0.2) is 0 Å². The van der Waals surface area contributed by atoms with Gasteiger partial charge in [-0.2, -0.15) is 0 Å². The zero-order valence-corrected chi connectivity index (χ0v) is 10.9. The van der Waals surface area contributed by atoms with Crippen LogP contribution in [0.25, 0.3) is 0 Å². The lowest BCUT2D eigenvalue weighted by Gasteiger charge is -2.37. The largest absolute Gasteiger partial charge is 0.389 e. The van der Waals surface area contributed by atoms with Crippen LogP contribution in [0.5, 0.6) is 0 Å². The summed E-state index contributed by atoms with van der Waals surface area (Å²) in [5, 5.41) is 10.4. The van der Waals surface area contributed by atoms with E-state index >= 15 is 0 Å². The summed E-state index contributed by atoms with van der Waals surface area (Å²) in [4.78, 5) is 14.4. The molecule has 2 aliphatic carbocycles. The van der Waals surface area contributed by atoms with Crippen molar-refractivity contribution in [3.8, 4) is 0 Å². The van der Waals surface area contributed by atoms with E-state index in [0.717, 1.165) is 25.7 Å². The predicted molar refractivity (Wildman–Crippen MR) is 67.1 cm³/mol. The van der Waals surface area contributed by atoms with Crippen LogP contribution in [-0.4, -0.2) is 47.3 Å². The van der Waals surface area contributed by atoms with Gasteiger partial charge in [-0.25, -0.2) is 0 Å². The normalized spacial score (nSPS) is 31.6. The van der Waals surface area contributed by atoms with Gasteiger partial charge in [0.2, 0.25) is 5.91 Å². The van der Waals surface area contributed by atoms with Crippen molar-refractivity contribution in [2.45, 2.75) is 56.6 Å². The molecule has 0 radical (unpaired) electrons. The third kappa shape index (κ3) is 2.54. The molecule has 3 rings (SSSR count). The van der Waals surface area contributed by atoms with E-state index in [2.05, 4.69) is 0 Å². The molecule has 0 bridgehead atoms. The van der Waals surface area contributed by atoms with Gasteiger partial charge in [0.1, 0.15) is 0 Å². The first-order chi connectivity index (χ1) is 8.68. The Balaban J connectivity index is 1.62. The van der Waals surface area contributed by atoms with Crippen molar-refractivity contribution in [1.29, 1.82) is 0 Å². The van der Waals surface area contributed by atoms with Crippen LogP contribution in [-0.2, 0) is 9.53 Å². The Bertz CT molecular complexity index is 321. The maximum atomic E-state index is 12.4. The maximum Gasteiger partial charge on any atom is 0.225 e. The summed E-state index contributed by atoms with van der Waals surface area (Å²) >= 11 is 0. The zero-order valence-electron chi connectivity index (χ0n) is 10.9. The topological polar surface area (TPSA) is 49.8 Å². The van der Waals surface area contributed by atoms with Gasteiger partial charge in [-0.3, -0.25) is 4.79 Å². The Morgan fingerprint density at radius 3 is 2.72 bits per heavy atom. The summed E-state index contributed by atoms with van der Waals surface area (Å²) in [7, 11) is 0. The Morgan fingerprint density at radius 2 is 2.06 bits per heavy atom. The van der Waals surface area contributed by atoms with Crippen molar-refractivity contribution in [1.82, 2.24) is 4.90 Å². The minimum absolute atomic E-state index is 0.139. The molecule has 1 aliphatic heterocycles. The molecular formula is C14H23NO3. The van der Waals surface area contributed by atoms with Gasteiger partial charge in [0, 0.05) is 6.54 Å². The maximum absolute atomic E-state index is 12.4. The van der Waals surface area contributed by atoms with Gasteiger partial charge in [0.25, 0.3) is 0 Å².